The first kappa shape index (κ1) is 13.0. The van der Waals surface area contributed by atoms with Crippen molar-refractivity contribution in [3.63, 3.8) is 0 Å². The molecule has 0 aliphatic carbocycles. The highest BCUT2D eigenvalue weighted by Crippen LogP contribution is 2.09. The maximum absolute atomic E-state index is 11.5. The molecule has 0 radical (unpaired) electrons. The minimum absolute atomic E-state index is 0.0955. The molecule has 0 aliphatic heterocycles. The molecule has 100 valence electrons. The summed E-state index contributed by atoms with van der Waals surface area (Å²) in [5, 5.41) is 14.0. The van der Waals surface area contributed by atoms with Gasteiger partial charge in [0.15, 0.2) is 0 Å². The second-order valence-electron chi connectivity index (χ2n) is 4.86. The molecule has 0 saturated carbocycles. The van der Waals surface area contributed by atoms with Crippen LogP contribution in [0.25, 0.3) is 5.69 Å². The summed E-state index contributed by atoms with van der Waals surface area (Å²) in [7, 11) is 0. The summed E-state index contributed by atoms with van der Waals surface area (Å²) in [5.74, 6) is 0.0955. The Kier molecular flexibility index (Phi) is 3.46. The van der Waals surface area contributed by atoms with Crippen LogP contribution in [0.4, 0.5) is 10.7 Å². The van der Waals surface area contributed by atoms with Crippen LogP contribution in [0, 0.1) is 0 Å². The van der Waals surface area contributed by atoms with E-state index >= 15 is 0 Å². The molecule has 0 aliphatic rings. The van der Waals surface area contributed by atoms with Gasteiger partial charge in [-0.25, -0.2) is 4.79 Å². The van der Waals surface area contributed by atoms with Gasteiger partial charge < -0.3 is 4.74 Å². The van der Waals surface area contributed by atoms with Gasteiger partial charge in [-0.3, -0.25) is 5.32 Å². The van der Waals surface area contributed by atoms with Crippen molar-refractivity contribution in [1.82, 2.24) is 20.2 Å². The summed E-state index contributed by atoms with van der Waals surface area (Å²) < 4.78 is 5.09. The molecule has 0 saturated heterocycles. The van der Waals surface area contributed by atoms with Crippen LogP contribution in [0.2, 0.25) is 0 Å². The molecule has 1 N–H and O–H groups in total. The van der Waals surface area contributed by atoms with E-state index in [0.717, 1.165) is 5.69 Å². The number of rotatable bonds is 2. The highest BCUT2D eigenvalue weighted by Gasteiger charge is 2.17. The molecule has 2 aromatic rings. The Morgan fingerprint density at radius 3 is 2.58 bits per heavy atom. The SMILES string of the molecule is CC(C)(C)OC(=O)Nc1nnn(-c2ccccc2)n1. The van der Waals surface area contributed by atoms with Crippen LogP contribution in [0.5, 0.6) is 0 Å². The molecule has 7 nitrogen and oxygen atoms in total. The van der Waals surface area contributed by atoms with E-state index in [1.54, 1.807) is 20.8 Å². The Labute approximate surface area is 110 Å². The third-order valence-corrected chi connectivity index (χ3v) is 2.01. The van der Waals surface area contributed by atoms with Crippen molar-refractivity contribution in [1.29, 1.82) is 0 Å². The minimum atomic E-state index is -0.611. The quantitative estimate of drug-likeness (QED) is 0.894. The van der Waals surface area contributed by atoms with Gasteiger partial charge in [-0.2, -0.15) is 0 Å². The predicted molar refractivity (Wildman–Crippen MR) is 69.0 cm³/mol. The van der Waals surface area contributed by atoms with Crippen molar-refractivity contribution >= 4 is 12.0 Å². The Morgan fingerprint density at radius 2 is 1.95 bits per heavy atom. The third-order valence-electron chi connectivity index (χ3n) is 2.01. The average molecular weight is 261 g/mol. The number of amides is 1. The van der Waals surface area contributed by atoms with E-state index in [0.29, 0.717) is 0 Å². The molecular weight excluding hydrogens is 246 g/mol. The summed E-state index contributed by atoms with van der Waals surface area (Å²) in [6.45, 7) is 5.34. The zero-order valence-electron chi connectivity index (χ0n) is 11.0. The molecule has 0 fully saturated rings. The number of hydrogen-bond acceptors (Lipinski definition) is 5. The second kappa shape index (κ2) is 5.05. The van der Waals surface area contributed by atoms with Crippen molar-refractivity contribution in [3.8, 4) is 5.69 Å². The smallest absolute Gasteiger partial charge is 0.414 e. The standard InChI is InChI=1S/C12H15N5O2/c1-12(2,3)19-11(18)13-10-14-16-17(15-10)9-7-5-4-6-8-9/h4-8H,1-3H3,(H,13,15,18). The number of hydrogen-bond donors (Lipinski definition) is 1. The number of carbonyl (C=O) groups excluding carboxylic acids is 1. The first-order chi connectivity index (χ1) is 8.94. The van der Waals surface area contributed by atoms with Crippen LogP contribution in [0.1, 0.15) is 20.8 Å². The third kappa shape index (κ3) is 3.77. The zero-order chi connectivity index (χ0) is 13.9. The number of aromatic nitrogens is 4. The molecule has 2 rings (SSSR count). The molecule has 1 aromatic heterocycles. The largest absolute Gasteiger partial charge is 0.444 e. The molecule has 19 heavy (non-hydrogen) atoms. The van der Waals surface area contributed by atoms with Gasteiger partial charge in [-0.1, -0.05) is 23.3 Å². The summed E-state index contributed by atoms with van der Waals surface area (Å²) in [6.07, 6.45) is -0.611. The summed E-state index contributed by atoms with van der Waals surface area (Å²) in [4.78, 5) is 12.8. The lowest BCUT2D eigenvalue weighted by Crippen LogP contribution is -2.27. The molecule has 0 bridgehead atoms. The van der Waals surface area contributed by atoms with Gasteiger partial charge in [0, 0.05) is 0 Å². The normalized spacial score (nSPS) is 11.1. The first-order valence-electron chi connectivity index (χ1n) is 5.79. The lowest BCUT2D eigenvalue weighted by atomic mass is 10.2. The molecule has 0 spiro atoms. The number of benzene rings is 1. The monoisotopic (exact) mass is 261 g/mol. The average Bonchev–Trinajstić information content (AvgIpc) is 2.76. The van der Waals surface area contributed by atoms with Crippen molar-refractivity contribution in [2.24, 2.45) is 0 Å². The summed E-state index contributed by atoms with van der Waals surface area (Å²) >= 11 is 0. The highest BCUT2D eigenvalue weighted by molar-refractivity contribution is 5.82. The lowest BCUT2D eigenvalue weighted by Gasteiger charge is -2.18. The van der Waals surface area contributed by atoms with Gasteiger partial charge in [0.1, 0.15) is 5.60 Å². The molecular formula is C12H15N5O2. The fraction of sp³-hybridized carbons (Fsp3) is 0.333. The lowest BCUT2D eigenvalue weighted by molar-refractivity contribution is 0.0634. The maximum atomic E-state index is 11.5. The van der Waals surface area contributed by atoms with E-state index in [4.69, 9.17) is 4.74 Å². The van der Waals surface area contributed by atoms with E-state index < -0.39 is 11.7 Å². The molecule has 1 aromatic carbocycles. The van der Waals surface area contributed by atoms with Gasteiger partial charge >= 0.3 is 6.09 Å². The van der Waals surface area contributed by atoms with Crippen LogP contribution in [0.3, 0.4) is 0 Å². The minimum Gasteiger partial charge on any atom is -0.444 e. The Balaban J connectivity index is 2.04. The number of tetrazole rings is 1. The van der Waals surface area contributed by atoms with Gasteiger partial charge in [-0.15, -0.1) is 9.90 Å². The van der Waals surface area contributed by atoms with E-state index in [1.165, 1.54) is 4.80 Å². The van der Waals surface area contributed by atoms with Gasteiger partial charge in [-0.05, 0) is 38.1 Å². The Hall–Kier alpha value is -2.44. The van der Waals surface area contributed by atoms with E-state index in [1.807, 2.05) is 30.3 Å². The van der Waals surface area contributed by atoms with Crippen molar-refractivity contribution in [3.05, 3.63) is 30.3 Å². The van der Waals surface area contributed by atoms with Gasteiger partial charge in [0.05, 0.1) is 5.69 Å². The van der Waals surface area contributed by atoms with Crippen LogP contribution in [0.15, 0.2) is 30.3 Å². The number of nitrogens with zero attached hydrogens (tertiary/aromatic N) is 4. The highest BCUT2D eigenvalue weighted by atomic mass is 16.6. The summed E-state index contributed by atoms with van der Waals surface area (Å²) in [6, 6.07) is 9.28. The molecule has 0 atom stereocenters. The second-order valence-corrected chi connectivity index (χ2v) is 4.86. The van der Waals surface area contributed by atoms with Crippen molar-refractivity contribution in [2.45, 2.75) is 26.4 Å². The van der Waals surface area contributed by atoms with Crippen molar-refractivity contribution in [2.75, 3.05) is 5.32 Å². The molecule has 0 unspecified atom stereocenters. The van der Waals surface area contributed by atoms with Crippen LogP contribution >= 0.6 is 0 Å². The molecule has 7 heteroatoms. The maximum Gasteiger partial charge on any atom is 0.414 e. The van der Waals surface area contributed by atoms with E-state index in [2.05, 4.69) is 20.7 Å². The topological polar surface area (TPSA) is 81.9 Å². The molecule has 1 amide bonds. The summed E-state index contributed by atoms with van der Waals surface area (Å²) in [5.41, 5.74) is 0.187. The number of carbonyl (C=O) groups is 1. The number of nitrogens with one attached hydrogen (secondary N) is 1. The van der Waals surface area contributed by atoms with Gasteiger partial charge in [0.2, 0.25) is 0 Å². The number of ether oxygens (including phenoxy) is 1. The van der Waals surface area contributed by atoms with Crippen LogP contribution in [-0.2, 0) is 4.74 Å². The number of anilines is 1. The fourth-order valence-electron chi connectivity index (χ4n) is 1.33. The Morgan fingerprint density at radius 1 is 1.26 bits per heavy atom. The Bertz CT molecular complexity index is 559. The van der Waals surface area contributed by atoms with Crippen LogP contribution < -0.4 is 5.32 Å². The number of para-hydroxylation sites is 1. The van der Waals surface area contributed by atoms with Gasteiger partial charge in [0.25, 0.3) is 5.95 Å². The van der Waals surface area contributed by atoms with Crippen molar-refractivity contribution < 1.29 is 9.53 Å². The van der Waals surface area contributed by atoms with Crippen LogP contribution in [-0.4, -0.2) is 31.9 Å². The first-order valence-corrected chi connectivity index (χ1v) is 5.79. The fourth-order valence-corrected chi connectivity index (χ4v) is 1.33. The zero-order valence-corrected chi connectivity index (χ0v) is 11.0. The predicted octanol–water partition coefficient (Wildman–Crippen LogP) is 2.01. The molecule has 1 heterocycles. The van der Waals surface area contributed by atoms with E-state index in [9.17, 15) is 4.79 Å². The van der Waals surface area contributed by atoms with E-state index in [-0.39, 0.29) is 5.95 Å².